The predicted octanol–water partition coefficient (Wildman–Crippen LogP) is 3.10. The molecule has 2 aromatic carbocycles. The van der Waals surface area contributed by atoms with E-state index in [1.165, 1.54) is 5.56 Å². The standard InChI is InChI=1S/C25H26F2N2O5/c1-25(2)18-7-5-4-6-16(18)17-10-14(8-9-19(17)25)22(31)28-12-21(30)29-13-15(34-24(26)27)11-20(29)23(32)33-3/h4-10,15,20,24H,11-13H2,1-3H3,(H,28,31)/t15-,20+/m1/s1. The molecule has 1 heterocycles. The fourth-order valence-corrected chi connectivity index (χ4v) is 4.90. The van der Waals surface area contributed by atoms with Crippen molar-refractivity contribution in [1.29, 1.82) is 0 Å². The Morgan fingerprint density at radius 1 is 1.12 bits per heavy atom. The van der Waals surface area contributed by atoms with Crippen molar-refractivity contribution >= 4 is 17.8 Å². The number of methoxy groups -OCH3 is 1. The quantitative estimate of drug-likeness (QED) is 0.654. The normalized spacial score (nSPS) is 20.1. The topological polar surface area (TPSA) is 84.9 Å². The summed E-state index contributed by atoms with van der Waals surface area (Å²) in [6.45, 7) is 0.660. The van der Waals surface area contributed by atoms with Gasteiger partial charge in [-0.1, -0.05) is 44.2 Å². The molecule has 0 radical (unpaired) electrons. The number of nitrogens with zero attached hydrogens (tertiary/aromatic N) is 1. The maximum absolute atomic E-state index is 12.8. The molecule has 2 atom stereocenters. The summed E-state index contributed by atoms with van der Waals surface area (Å²) >= 11 is 0. The molecule has 2 aliphatic rings. The van der Waals surface area contributed by atoms with Gasteiger partial charge in [-0.3, -0.25) is 9.59 Å². The molecular weight excluding hydrogens is 446 g/mol. The lowest BCUT2D eigenvalue weighted by atomic mass is 9.82. The first-order valence-electron chi connectivity index (χ1n) is 11.0. The number of ether oxygens (including phenoxy) is 2. The van der Waals surface area contributed by atoms with Crippen molar-refractivity contribution in [2.24, 2.45) is 0 Å². The van der Waals surface area contributed by atoms with Crippen molar-refractivity contribution in [2.75, 3.05) is 20.2 Å². The minimum absolute atomic E-state index is 0.100. The molecule has 0 aromatic heterocycles. The van der Waals surface area contributed by atoms with Crippen LogP contribution in [0.3, 0.4) is 0 Å². The van der Waals surface area contributed by atoms with Crippen molar-refractivity contribution in [3.8, 4) is 11.1 Å². The summed E-state index contributed by atoms with van der Waals surface area (Å²) in [6.07, 6.45) is -1.10. The van der Waals surface area contributed by atoms with Crippen molar-refractivity contribution in [2.45, 2.75) is 44.4 Å². The number of carbonyl (C=O) groups is 3. The van der Waals surface area contributed by atoms with Gasteiger partial charge in [-0.25, -0.2) is 4.79 Å². The lowest BCUT2D eigenvalue weighted by molar-refractivity contribution is -0.160. The molecule has 1 N–H and O–H groups in total. The number of likely N-dealkylation sites (tertiary alicyclic amines) is 1. The van der Waals surface area contributed by atoms with Crippen LogP contribution in [0.4, 0.5) is 8.78 Å². The average molecular weight is 472 g/mol. The van der Waals surface area contributed by atoms with Crippen molar-refractivity contribution in [3.05, 3.63) is 59.2 Å². The maximum Gasteiger partial charge on any atom is 0.345 e. The molecule has 0 saturated carbocycles. The molecule has 1 fully saturated rings. The van der Waals surface area contributed by atoms with E-state index in [9.17, 15) is 23.2 Å². The molecule has 2 aromatic rings. The fourth-order valence-electron chi connectivity index (χ4n) is 4.90. The Kier molecular flexibility index (Phi) is 6.40. The first-order chi connectivity index (χ1) is 16.1. The molecule has 7 nitrogen and oxygen atoms in total. The van der Waals surface area contributed by atoms with E-state index in [1.807, 2.05) is 30.3 Å². The highest BCUT2D eigenvalue weighted by Crippen LogP contribution is 2.48. The van der Waals surface area contributed by atoms with E-state index in [2.05, 4.69) is 34.7 Å². The summed E-state index contributed by atoms with van der Waals surface area (Å²) in [5.74, 6) is -1.76. The van der Waals surface area contributed by atoms with Gasteiger partial charge in [0, 0.05) is 23.9 Å². The van der Waals surface area contributed by atoms with E-state index < -0.39 is 43.1 Å². The van der Waals surface area contributed by atoms with E-state index in [4.69, 9.17) is 0 Å². The second-order valence-electron chi connectivity index (χ2n) is 8.95. The first kappa shape index (κ1) is 23.8. The molecule has 1 aliphatic carbocycles. The van der Waals surface area contributed by atoms with Gasteiger partial charge < -0.3 is 19.7 Å². The van der Waals surface area contributed by atoms with E-state index in [1.54, 1.807) is 6.07 Å². The minimum atomic E-state index is -3.02. The number of fused-ring (bicyclic) bond motifs is 3. The highest BCUT2D eigenvalue weighted by Gasteiger charge is 2.42. The summed E-state index contributed by atoms with van der Waals surface area (Å²) in [5.41, 5.74) is 4.54. The number of hydrogen-bond donors (Lipinski definition) is 1. The molecule has 1 saturated heterocycles. The number of benzene rings is 2. The zero-order valence-electron chi connectivity index (χ0n) is 19.1. The van der Waals surface area contributed by atoms with Crippen molar-refractivity contribution < 1.29 is 32.6 Å². The Morgan fingerprint density at radius 3 is 2.53 bits per heavy atom. The summed E-state index contributed by atoms with van der Waals surface area (Å²) in [6, 6.07) is 12.4. The van der Waals surface area contributed by atoms with Crippen LogP contribution in [0.1, 0.15) is 41.8 Å². The van der Waals surface area contributed by atoms with E-state index in [0.29, 0.717) is 5.56 Å². The number of alkyl halides is 2. The van der Waals surface area contributed by atoms with Gasteiger partial charge in [0.15, 0.2) is 0 Å². The summed E-state index contributed by atoms with van der Waals surface area (Å²) in [4.78, 5) is 38.7. The van der Waals surface area contributed by atoms with Crippen LogP contribution in [0.5, 0.6) is 0 Å². The maximum atomic E-state index is 12.8. The first-order valence-corrected chi connectivity index (χ1v) is 11.0. The van der Waals surface area contributed by atoms with Crippen LogP contribution < -0.4 is 5.32 Å². The van der Waals surface area contributed by atoms with Crippen LogP contribution in [0.2, 0.25) is 0 Å². The zero-order chi connectivity index (χ0) is 24.6. The number of rotatable bonds is 6. The average Bonchev–Trinajstić information content (AvgIpc) is 3.33. The van der Waals surface area contributed by atoms with Gasteiger partial charge in [0.05, 0.1) is 19.8 Å². The summed E-state index contributed by atoms with van der Waals surface area (Å²) < 4.78 is 34.4. The largest absolute Gasteiger partial charge is 0.467 e. The number of amides is 2. The molecule has 2 amide bonds. The Balaban J connectivity index is 1.46. The zero-order valence-corrected chi connectivity index (χ0v) is 19.1. The number of carbonyl (C=O) groups excluding carboxylic acids is 3. The number of esters is 1. The second-order valence-corrected chi connectivity index (χ2v) is 8.95. The third-order valence-electron chi connectivity index (χ3n) is 6.60. The fraction of sp³-hybridized carbons (Fsp3) is 0.400. The molecule has 34 heavy (non-hydrogen) atoms. The van der Waals surface area contributed by atoms with Gasteiger partial charge >= 0.3 is 12.6 Å². The van der Waals surface area contributed by atoms with Gasteiger partial charge in [0.25, 0.3) is 5.91 Å². The number of nitrogens with one attached hydrogen (secondary N) is 1. The SMILES string of the molecule is COC(=O)[C@@H]1C[C@@H](OC(F)F)CN1C(=O)CNC(=O)c1ccc2c(c1)-c1ccccc1C2(C)C. The van der Waals surface area contributed by atoms with Gasteiger partial charge in [-0.15, -0.1) is 0 Å². The predicted molar refractivity (Wildman–Crippen MR) is 119 cm³/mol. The molecule has 4 rings (SSSR count). The number of halogens is 2. The Morgan fingerprint density at radius 2 is 1.82 bits per heavy atom. The van der Waals surface area contributed by atoms with E-state index in [0.717, 1.165) is 28.7 Å². The van der Waals surface area contributed by atoms with Crippen LogP contribution in [0, 0.1) is 0 Å². The smallest absolute Gasteiger partial charge is 0.345 e. The van der Waals surface area contributed by atoms with Crippen molar-refractivity contribution in [1.82, 2.24) is 10.2 Å². The van der Waals surface area contributed by atoms with E-state index >= 15 is 0 Å². The van der Waals surface area contributed by atoms with Crippen LogP contribution in [-0.4, -0.2) is 61.6 Å². The summed E-state index contributed by atoms with van der Waals surface area (Å²) in [5, 5.41) is 2.57. The molecule has 9 heteroatoms. The monoisotopic (exact) mass is 472 g/mol. The molecular formula is C25H26F2N2O5. The Labute approximate surface area is 196 Å². The third kappa shape index (κ3) is 4.27. The lowest BCUT2D eigenvalue weighted by Gasteiger charge is -2.22. The van der Waals surface area contributed by atoms with Gasteiger partial charge in [-0.05, 0) is 34.4 Å². The molecule has 180 valence electrons. The van der Waals surface area contributed by atoms with Gasteiger partial charge in [-0.2, -0.15) is 8.78 Å². The van der Waals surface area contributed by atoms with Crippen LogP contribution in [-0.2, 0) is 24.5 Å². The number of hydrogen-bond acceptors (Lipinski definition) is 5. The summed E-state index contributed by atoms with van der Waals surface area (Å²) in [7, 11) is 1.15. The minimum Gasteiger partial charge on any atom is -0.467 e. The van der Waals surface area contributed by atoms with Crippen LogP contribution in [0.25, 0.3) is 11.1 Å². The molecule has 0 unspecified atom stereocenters. The van der Waals surface area contributed by atoms with Gasteiger partial charge in [0.2, 0.25) is 5.91 Å². The van der Waals surface area contributed by atoms with E-state index in [-0.39, 0.29) is 18.4 Å². The highest BCUT2D eigenvalue weighted by atomic mass is 19.3. The molecule has 1 aliphatic heterocycles. The van der Waals surface area contributed by atoms with Crippen LogP contribution in [0.15, 0.2) is 42.5 Å². The Bertz CT molecular complexity index is 1130. The van der Waals surface area contributed by atoms with Crippen LogP contribution >= 0.6 is 0 Å². The lowest BCUT2D eigenvalue weighted by Crippen LogP contribution is -2.46. The van der Waals surface area contributed by atoms with Crippen molar-refractivity contribution in [3.63, 3.8) is 0 Å². The third-order valence-corrected chi connectivity index (χ3v) is 6.60. The molecule has 0 spiro atoms. The second kappa shape index (κ2) is 9.13. The molecule has 0 bridgehead atoms. The highest BCUT2D eigenvalue weighted by molar-refractivity contribution is 5.99. The Hall–Kier alpha value is -3.33. The van der Waals surface area contributed by atoms with Gasteiger partial charge in [0.1, 0.15) is 6.04 Å².